The number of nitrogens with zero attached hydrogens (tertiary/aromatic N) is 1. The minimum Gasteiger partial charge on any atom is -0.452 e. The van der Waals surface area contributed by atoms with Crippen molar-refractivity contribution in [3.63, 3.8) is 0 Å². The summed E-state index contributed by atoms with van der Waals surface area (Å²) in [5.74, 6) is -0.816. The monoisotopic (exact) mass is 408 g/mol. The highest BCUT2D eigenvalue weighted by molar-refractivity contribution is 6.30. The van der Waals surface area contributed by atoms with E-state index in [1.807, 2.05) is 36.4 Å². The number of para-hydroxylation sites is 1. The lowest BCUT2D eigenvalue weighted by atomic mass is 9.90. The fourth-order valence-electron chi connectivity index (χ4n) is 3.66. The molecule has 29 heavy (non-hydrogen) atoms. The number of benzene rings is 2. The second-order valence-corrected chi connectivity index (χ2v) is 7.55. The minimum absolute atomic E-state index is 0.322. The molecule has 4 rings (SSSR count). The van der Waals surface area contributed by atoms with Crippen LogP contribution in [0.3, 0.4) is 0 Å². The van der Waals surface area contributed by atoms with Crippen LogP contribution in [0, 0.1) is 0 Å². The van der Waals surface area contributed by atoms with Gasteiger partial charge in [0.1, 0.15) is 0 Å². The summed E-state index contributed by atoms with van der Waals surface area (Å²) < 4.78 is 5.37. The highest BCUT2D eigenvalue weighted by Gasteiger charge is 2.24. The summed E-state index contributed by atoms with van der Waals surface area (Å²) in [6.45, 7) is 0.0268. The van der Waals surface area contributed by atoms with Crippen LogP contribution < -0.4 is 5.32 Å². The molecule has 148 valence electrons. The van der Waals surface area contributed by atoms with E-state index in [9.17, 15) is 9.59 Å². The number of halogens is 1. The Labute approximate surface area is 174 Å². The van der Waals surface area contributed by atoms with Crippen molar-refractivity contribution >= 4 is 34.4 Å². The zero-order chi connectivity index (χ0) is 20.2. The Morgan fingerprint density at radius 3 is 2.62 bits per heavy atom. The molecule has 1 aliphatic carbocycles. The lowest BCUT2D eigenvalue weighted by Crippen LogP contribution is -2.28. The number of amides is 1. The zero-order valence-electron chi connectivity index (χ0n) is 15.9. The van der Waals surface area contributed by atoms with E-state index >= 15 is 0 Å². The van der Waals surface area contributed by atoms with Crippen molar-refractivity contribution in [2.75, 3.05) is 6.61 Å². The Bertz CT molecular complexity index is 1060. The third-order valence-corrected chi connectivity index (χ3v) is 5.36. The van der Waals surface area contributed by atoms with Gasteiger partial charge in [-0.25, -0.2) is 4.79 Å². The van der Waals surface area contributed by atoms with E-state index in [0.29, 0.717) is 17.1 Å². The number of nitrogens with one attached hydrogen (secondary N) is 1. The van der Waals surface area contributed by atoms with Gasteiger partial charge in [-0.15, -0.1) is 0 Å². The van der Waals surface area contributed by atoms with Gasteiger partial charge in [0.15, 0.2) is 6.61 Å². The molecule has 1 aromatic heterocycles. The van der Waals surface area contributed by atoms with Crippen LogP contribution >= 0.6 is 11.6 Å². The van der Waals surface area contributed by atoms with Gasteiger partial charge in [0, 0.05) is 22.6 Å². The van der Waals surface area contributed by atoms with Gasteiger partial charge in [0.2, 0.25) is 0 Å². The first-order chi connectivity index (χ1) is 14.1. The van der Waals surface area contributed by atoms with Gasteiger partial charge in [-0.05, 0) is 55.0 Å². The highest BCUT2D eigenvalue weighted by Crippen LogP contribution is 2.29. The number of hydrogen-bond donors (Lipinski definition) is 1. The molecule has 1 heterocycles. The summed E-state index contributed by atoms with van der Waals surface area (Å²) in [6, 6.07) is 14.8. The van der Waals surface area contributed by atoms with Gasteiger partial charge >= 0.3 is 5.97 Å². The standard InChI is InChI=1S/C23H21ClN2O3/c24-16-11-9-15(10-12-16)13-25-21(27)14-29-23(28)22-17-5-1-3-7-19(17)26-20-8-4-2-6-18(20)22/h1,3,5,7,9-12H,2,4,6,8,13-14H2,(H,25,27). The number of carbonyl (C=O) groups excluding carboxylic acids is 2. The molecule has 0 fully saturated rings. The van der Waals surface area contributed by atoms with Crippen LogP contribution in [-0.2, 0) is 28.9 Å². The molecule has 6 heteroatoms. The quantitative estimate of drug-likeness (QED) is 0.641. The van der Waals surface area contributed by atoms with Crippen molar-refractivity contribution in [3.05, 3.63) is 75.9 Å². The summed E-state index contributed by atoms with van der Waals surface area (Å²) in [5, 5.41) is 4.17. The smallest absolute Gasteiger partial charge is 0.339 e. The van der Waals surface area contributed by atoms with Crippen molar-refractivity contribution in [3.8, 4) is 0 Å². The van der Waals surface area contributed by atoms with Crippen LogP contribution in [-0.4, -0.2) is 23.5 Å². The average Bonchev–Trinajstić information content (AvgIpc) is 2.75. The summed E-state index contributed by atoms with van der Waals surface area (Å²) in [5.41, 5.74) is 4.18. The largest absolute Gasteiger partial charge is 0.452 e. The Kier molecular flexibility index (Phi) is 5.76. The Morgan fingerprint density at radius 1 is 1.03 bits per heavy atom. The molecule has 1 aliphatic rings. The van der Waals surface area contributed by atoms with E-state index in [0.717, 1.165) is 53.4 Å². The van der Waals surface area contributed by atoms with Crippen LogP contribution in [0.1, 0.15) is 40.0 Å². The van der Waals surface area contributed by atoms with Gasteiger partial charge in [-0.3, -0.25) is 9.78 Å². The molecule has 1 N–H and O–H groups in total. The van der Waals surface area contributed by atoms with E-state index in [1.165, 1.54) is 0 Å². The van der Waals surface area contributed by atoms with E-state index in [4.69, 9.17) is 21.3 Å². The molecule has 0 radical (unpaired) electrons. The lowest BCUT2D eigenvalue weighted by Gasteiger charge is -2.19. The third kappa shape index (κ3) is 4.40. The first-order valence-electron chi connectivity index (χ1n) is 9.70. The molecular weight excluding hydrogens is 388 g/mol. The number of rotatable bonds is 5. The van der Waals surface area contributed by atoms with Gasteiger partial charge in [-0.1, -0.05) is 41.9 Å². The lowest BCUT2D eigenvalue weighted by molar-refractivity contribution is -0.124. The van der Waals surface area contributed by atoms with E-state index in [2.05, 4.69) is 5.32 Å². The van der Waals surface area contributed by atoms with Gasteiger partial charge in [0.05, 0.1) is 11.1 Å². The maximum atomic E-state index is 12.9. The molecule has 1 amide bonds. The van der Waals surface area contributed by atoms with E-state index in [-0.39, 0.29) is 12.5 Å². The summed E-state index contributed by atoms with van der Waals surface area (Å²) >= 11 is 5.86. The topological polar surface area (TPSA) is 68.3 Å². The van der Waals surface area contributed by atoms with Gasteiger partial charge < -0.3 is 10.1 Å². The second-order valence-electron chi connectivity index (χ2n) is 7.12. The molecule has 0 spiro atoms. The Morgan fingerprint density at radius 2 is 1.79 bits per heavy atom. The predicted octanol–water partition coefficient (Wildman–Crippen LogP) is 4.24. The number of ether oxygens (including phenoxy) is 1. The van der Waals surface area contributed by atoms with E-state index < -0.39 is 5.97 Å². The normalized spacial score (nSPS) is 13.0. The van der Waals surface area contributed by atoms with Crippen LogP contribution in [0.25, 0.3) is 10.9 Å². The van der Waals surface area contributed by atoms with Crippen molar-refractivity contribution in [2.24, 2.45) is 0 Å². The Balaban J connectivity index is 1.46. The fraction of sp³-hybridized carbons (Fsp3) is 0.261. The predicted molar refractivity (Wildman–Crippen MR) is 112 cm³/mol. The third-order valence-electron chi connectivity index (χ3n) is 5.11. The molecule has 0 aliphatic heterocycles. The number of carbonyl (C=O) groups is 2. The van der Waals surface area contributed by atoms with Gasteiger partial charge in [-0.2, -0.15) is 0 Å². The molecule has 0 saturated heterocycles. The number of aryl methyl sites for hydroxylation is 1. The maximum absolute atomic E-state index is 12.9. The molecule has 0 saturated carbocycles. The van der Waals surface area contributed by atoms with Crippen molar-refractivity contribution in [1.82, 2.24) is 10.3 Å². The van der Waals surface area contributed by atoms with Crippen LogP contribution in [0.2, 0.25) is 5.02 Å². The molecule has 0 bridgehead atoms. The number of esters is 1. The summed E-state index contributed by atoms with van der Waals surface area (Å²) in [7, 11) is 0. The van der Waals surface area contributed by atoms with Gasteiger partial charge in [0.25, 0.3) is 5.91 Å². The van der Waals surface area contributed by atoms with Crippen molar-refractivity contribution in [2.45, 2.75) is 32.2 Å². The molecule has 0 atom stereocenters. The Hall–Kier alpha value is -2.92. The summed E-state index contributed by atoms with van der Waals surface area (Å²) in [4.78, 5) is 29.8. The van der Waals surface area contributed by atoms with Crippen LogP contribution in [0.15, 0.2) is 48.5 Å². The molecular formula is C23H21ClN2O3. The van der Waals surface area contributed by atoms with Crippen LogP contribution in [0.4, 0.5) is 0 Å². The van der Waals surface area contributed by atoms with Crippen LogP contribution in [0.5, 0.6) is 0 Å². The molecule has 0 unspecified atom stereocenters. The second kappa shape index (κ2) is 8.62. The molecule has 2 aromatic carbocycles. The highest BCUT2D eigenvalue weighted by atomic mass is 35.5. The maximum Gasteiger partial charge on any atom is 0.339 e. The number of pyridine rings is 1. The van der Waals surface area contributed by atoms with E-state index in [1.54, 1.807) is 12.1 Å². The minimum atomic E-state index is -0.469. The van der Waals surface area contributed by atoms with Crippen molar-refractivity contribution < 1.29 is 14.3 Å². The SMILES string of the molecule is O=C(COC(=O)c1c2c(nc3ccccc13)CCCC2)NCc1ccc(Cl)cc1. The number of fused-ring (bicyclic) bond motifs is 2. The number of hydrogen-bond acceptors (Lipinski definition) is 4. The van der Waals surface area contributed by atoms with Crippen molar-refractivity contribution in [1.29, 1.82) is 0 Å². The number of aromatic nitrogens is 1. The average molecular weight is 409 g/mol. The first kappa shape index (κ1) is 19.4. The fourth-order valence-corrected chi connectivity index (χ4v) is 3.79. The zero-order valence-corrected chi connectivity index (χ0v) is 16.7. The summed E-state index contributed by atoms with van der Waals surface area (Å²) in [6.07, 6.45) is 3.76. The molecule has 3 aromatic rings. The molecule has 5 nitrogen and oxygen atoms in total. The first-order valence-corrected chi connectivity index (χ1v) is 10.1.